The fourth-order valence-electron chi connectivity index (χ4n) is 1.71. The monoisotopic (exact) mass is 308 g/mol. The van der Waals surface area contributed by atoms with Gasteiger partial charge in [-0.05, 0) is 51.5 Å². The van der Waals surface area contributed by atoms with Gasteiger partial charge in [-0.2, -0.15) is 0 Å². The average Bonchev–Trinajstić information content (AvgIpc) is 2.43. The first-order valence-corrected chi connectivity index (χ1v) is 7.84. The predicted molar refractivity (Wildman–Crippen MR) is 89.6 cm³/mol. The SMILES string of the molecule is CCCCNc1ccc(OCCNC(=O)OC(C)(C)C)cc1. The van der Waals surface area contributed by atoms with E-state index >= 15 is 0 Å². The molecule has 0 saturated carbocycles. The molecule has 1 rings (SSSR count). The van der Waals surface area contributed by atoms with Crippen LogP contribution in [0.3, 0.4) is 0 Å². The summed E-state index contributed by atoms with van der Waals surface area (Å²) in [6.45, 7) is 9.46. The number of nitrogens with one attached hydrogen (secondary N) is 2. The lowest BCUT2D eigenvalue weighted by molar-refractivity contribution is 0.0520. The zero-order chi connectivity index (χ0) is 16.4. The summed E-state index contributed by atoms with van der Waals surface area (Å²) in [4.78, 5) is 11.4. The molecule has 2 N–H and O–H groups in total. The van der Waals surface area contributed by atoms with E-state index in [1.165, 1.54) is 6.42 Å². The van der Waals surface area contributed by atoms with Crippen molar-refractivity contribution < 1.29 is 14.3 Å². The lowest BCUT2D eigenvalue weighted by Gasteiger charge is -2.19. The number of amides is 1. The smallest absolute Gasteiger partial charge is 0.407 e. The van der Waals surface area contributed by atoms with Gasteiger partial charge in [0.05, 0.1) is 6.54 Å². The molecule has 5 heteroatoms. The first-order valence-electron chi connectivity index (χ1n) is 7.84. The van der Waals surface area contributed by atoms with Crippen molar-refractivity contribution in [3.05, 3.63) is 24.3 Å². The summed E-state index contributed by atoms with van der Waals surface area (Å²) in [5.41, 5.74) is 0.610. The van der Waals surface area contributed by atoms with Crippen molar-refractivity contribution in [3.8, 4) is 5.75 Å². The molecule has 0 aliphatic rings. The minimum atomic E-state index is -0.481. The highest BCUT2D eigenvalue weighted by molar-refractivity contribution is 5.67. The molecule has 1 aromatic rings. The summed E-state index contributed by atoms with van der Waals surface area (Å²) in [6, 6.07) is 7.82. The minimum absolute atomic E-state index is 0.405. The molecular formula is C17H28N2O3. The van der Waals surface area contributed by atoms with Crippen LogP contribution in [0.2, 0.25) is 0 Å². The Morgan fingerprint density at radius 3 is 2.41 bits per heavy atom. The Bertz CT molecular complexity index is 438. The van der Waals surface area contributed by atoms with Crippen LogP contribution in [0.25, 0.3) is 0 Å². The number of carbonyl (C=O) groups is 1. The number of carbonyl (C=O) groups excluding carboxylic acids is 1. The maximum absolute atomic E-state index is 11.4. The van der Waals surface area contributed by atoms with Gasteiger partial charge in [-0.1, -0.05) is 13.3 Å². The Morgan fingerprint density at radius 1 is 1.14 bits per heavy atom. The molecule has 5 nitrogen and oxygen atoms in total. The molecule has 0 aliphatic carbocycles. The molecule has 0 fully saturated rings. The second-order valence-corrected chi connectivity index (χ2v) is 6.08. The van der Waals surface area contributed by atoms with Crippen LogP contribution in [0.15, 0.2) is 24.3 Å². The Morgan fingerprint density at radius 2 is 1.82 bits per heavy atom. The number of ether oxygens (including phenoxy) is 2. The number of anilines is 1. The average molecular weight is 308 g/mol. The molecule has 0 heterocycles. The van der Waals surface area contributed by atoms with Crippen molar-refractivity contribution in [1.82, 2.24) is 5.32 Å². The third kappa shape index (κ3) is 8.39. The number of unbranched alkanes of at least 4 members (excludes halogenated alkanes) is 1. The Kier molecular flexibility index (Phi) is 7.57. The molecular weight excluding hydrogens is 280 g/mol. The van der Waals surface area contributed by atoms with E-state index in [-0.39, 0.29) is 0 Å². The van der Waals surface area contributed by atoms with Gasteiger partial charge in [0.2, 0.25) is 0 Å². The number of hydrogen-bond donors (Lipinski definition) is 2. The summed E-state index contributed by atoms with van der Waals surface area (Å²) >= 11 is 0. The molecule has 0 atom stereocenters. The van der Waals surface area contributed by atoms with E-state index in [0.29, 0.717) is 13.2 Å². The number of rotatable bonds is 8. The molecule has 1 amide bonds. The summed E-state index contributed by atoms with van der Waals surface area (Å²) < 4.78 is 10.7. The van der Waals surface area contributed by atoms with Crippen LogP contribution in [0.4, 0.5) is 10.5 Å². The van der Waals surface area contributed by atoms with Crippen molar-refractivity contribution in [2.24, 2.45) is 0 Å². The fraction of sp³-hybridized carbons (Fsp3) is 0.588. The lowest BCUT2D eigenvalue weighted by atomic mass is 10.2. The standard InChI is InChI=1S/C17H28N2O3/c1-5-6-11-18-14-7-9-15(10-8-14)21-13-12-19-16(20)22-17(2,3)4/h7-10,18H,5-6,11-13H2,1-4H3,(H,19,20). The van der Waals surface area contributed by atoms with Gasteiger partial charge in [0.25, 0.3) is 0 Å². The van der Waals surface area contributed by atoms with E-state index < -0.39 is 11.7 Å². The summed E-state index contributed by atoms with van der Waals surface area (Å²) in [6.07, 6.45) is 1.92. The van der Waals surface area contributed by atoms with Crippen molar-refractivity contribution in [2.75, 3.05) is 25.0 Å². The molecule has 0 aliphatic heterocycles. The maximum Gasteiger partial charge on any atom is 0.407 e. The largest absolute Gasteiger partial charge is 0.492 e. The van der Waals surface area contributed by atoms with Crippen LogP contribution in [-0.4, -0.2) is 31.4 Å². The lowest BCUT2D eigenvalue weighted by Crippen LogP contribution is -2.34. The van der Waals surface area contributed by atoms with Crippen LogP contribution >= 0.6 is 0 Å². The molecule has 0 spiro atoms. The van der Waals surface area contributed by atoms with Gasteiger partial charge in [0.15, 0.2) is 0 Å². The number of alkyl carbamates (subject to hydrolysis) is 1. The highest BCUT2D eigenvalue weighted by atomic mass is 16.6. The molecule has 0 radical (unpaired) electrons. The molecule has 1 aromatic carbocycles. The van der Waals surface area contributed by atoms with E-state index in [1.807, 2.05) is 45.0 Å². The molecule has 0 saturated heterocycles. The minimum Gasteiger partial charge on any atom is -0.492 e. The molecule has 0 bridgehead atoms. The second-order valence-electron chi connectivity index (χ2n) is 6.08. The third-order valence-electron chi connectivity index (χ3n) is 2.75. The van der Waals surface area contributed by atoms with Crippen LogP contribution in [0, 0.1) is 0 Å². The molecule has 22 heavy (non-hydrogen) atoms. The first kappa shape index (κ1) is 18.1. The van der Waals surface area contributed by atoms with Gasteiger partial charge in [-0.15, -0.1) is 0 Å². The van der Waals surface area contributed by atoms with Crippen LogP contribution in [0.5, 0.6) is 5.75 Å². The fourth-order valence-corrected chi connectivity index (χ4v) is 1.71. The Labute approximate surface area is 133 Å². The zero-order valence-electron chi connectivity index (χ0n) is 14.1. The Hall–Kier alpha value is -1.91. The van der Waals surface area contributed by atoms with Crippen molar-refractivity contribution in [1.29, 1.82) is 0 Å². The van der Waals surface area contributed by atoms with Crippen molar-refractivity contribution >= 4 is 11.8 Å². The van der Waals surface area contributed by atoms with Gasteiger partial charge in [-0.3, -0.25) is 0 Å². The molecule has 0 unspecified atom stereocenters. The van der Waals surface area contributed by atoms with E-state index in [2.05, 4.69) is 17.6 Å². The highest BCUT2D eigenvalue weighted by Gasteiger charge is 2.15. The van der Waals surface area contributed by atoms with Crippen LogP contribution < -0.4 is 15.4 Å². The van der Waals surface area contributed by atoms with E-state index in [1.54, 1.807) is 0 Å². The van der Waals surface area contributed by atoms with Gasteiger partial charge in [-0.25, -0.2) is 4.79 Å². The topological polar surface area (TPSA) is 59.6 Å². The third-order valence-corrected chi connectivity index (χ3v) is 2.75. The highest BCUT2D eigenvalue weighted by Crippen LogP contribution is 2.15. The van der Waals surface area contributed by atoms with E-state index in [0.717, 1.165) is 24.4 Å². The first-order chi connectivity index (χ1) is 10.4. The van der Waals surface area contributed by atoms with E-state index in [4.69, 9.17) is 9.47 Å². The quantitative estimate of drug-likeness (QED) is 0.717. The molecule has 124 valence electrons. The summed E-state index contributed by atoms with van der Waals surface area (Å²) in [5.74, 6) is 0.784. The summed E-state index contributed by atoms with van der Waals surface area (Å²) in [5, 5.41) is 6.00. The van der Waals surface area contributed by atoms with E-state index in [9.17, 15) is 4.79 Å². The van der Waals surface area contributed by atoms with Gasteiger partial charge < -0.3 is 20.1 Å². The van der Waals surface area contributed by atoms with Crippen LogP contribution in [-0.2, 0) is 4.74 Å². The van der Waals surface area contributed by atoms with Gasteiger partial charge in [0, 0.05) is 12.2 Å². The maximum atomic E-state index is 11.4. The Balaban J connectivity index is 2.21. The van der Waals surface area contributed by atoms with Crippen molar-refractivity contribution in [3.63, 3.8) is 0 Å². The van der Waals surface area contributed by atoms with Gasteiger partial charge in [0.1, 0.15) is 18.0 Å². The second kappa shape index (κ2) is 9.18. The number of hydrogen-bond acceptors (Lipinski definition) is 4. The van der Waals surface area contributed by atoms with Gasteiger partial charge >= 0.3 is 6.09 Å². The predicted octanol–water partition coefficient (Wildman–Crippen LogP) is 3.80. The molecule has 0 aromatic heterocycles. The zero-order valence-corrected chi connectivity index (χ0v) is 14.1. The number of benzene rings is 1. The normalized spacial score (nSPS) is 10.9. The van der Waals surface area contributed by atoms with Crippen LogP contribution in [0.1, 0.15) is 40.5 Å². The van der Waals surface area contributed by atoms with Crippen molar-refractivity contribution in [2.45, 2.75) is 46.1 Å². The summed E-state index contributed by atoms with van der Waals surface area (Å²) in [7, 11) is 0.